The van der Waals surface area contributed by atoms with E-state index in [4.69, 9.17) is 16.7 Å². The second-order valence-electron chi connectivity index (χ2n) is 4.54. The van der Waals surface area contributed by atoms with E-state index < -0.39 is 16.0 Å². The SMILES string of the molecule is C=CCN(C1CC1)S(=O)(=O)c1cc(C(=O)O)ccc1Cl. The molecule has 1 aliphatic carbocycles. The van der Waals surface area contributed by atoms with Crippen LogP contribution in [0.3, 0.4) is 0 Å². The second-order valence-corrected chi connectivity index (χ2v) is 6.81. The summed E-state index contributed by atoms with van der Waals surface area (Å²) in [4.78, 5) is 10.8. The van der Waals surface area contributed by atoms with Crippen molar-refractivity contribution in [1.82, 2.24) is 4.31 Å². The molecule has 1 saturated carbocycles. The third-order valence-corrected chi connectivity index (χ3v) is 5.43. The van der Waals surface area contributed by atoms with E-state index in [1.54, 1.807) is 0 Å². The first kappa shape index (κ1) is 15.0. The van der Waals surface area contributed by atoms with Crippen LogP contribution >= 0.6 is 11.6 Å². The van der Waals surface area contributed by atoms with Gasteiger partial charge in [-0.2, -0.15) is 4.31 Å². The molecule has 5 nitrogen and oxygen atoms in total. The zero-order valence-corrected chi connectivity index (χ0v) is 12.2. The number of aromatic carboxylic acids is 1. The highest BCUT2D eigenvalue weighted by atomic mass is 35.5. The number of sulfonamides is 1. The highest BCUT2D eigenvalue weighted by Crippen LogP contribution is 2.34. The first-order valence-electron chi connectivity index (χ1n) is 6.03. The molecule has 1 fully saturated rings. The van der Waals surface area contributed by atoms with E-state index in [1.165, 1.54) is 22.5 Å². The Kier molecular flexibility index (Phi) is 4.17. The summed E-state index contributed by atoms with van der Waals surface area (Å²) < 4.78 is 26.5. The van der Waals surface area contributed by atoms with E-state index in [0.29, 0.717) is 0 Å². The molecular weight excluding hydrogens is 302 g/mol. The molecule has 1 N–H and O–H groups in total. The van der Waals surface area contributed by atoms with Crippen LogP contribution in [0.1, 0.15) is 23.2 Å². The summed E-state index contributed by atoms with van der Waals surface area (Å²) in [5, 5.41) is 8.98. The Balaban J connectivity index is 2.49. The molecule has 0 spiro atoms. The molecule has 0 saturated heterocycles. The van der Waals surface area contributed by atoms with Gasteiger partial charge in [-0.3, -0.25) is 0 Å². The second kappa shape index (κ2) is 5.55. The average molecular weight is 316 g/mol. The maximum absolute atomic E-state index is 12.6. The molecule has 2 rings (SSSR count). The van der Waals surface area contributed by atoms with Crippen LogP contribution in [0.25, 0.3) is 0 Å². The van der Waals surface area contributed by atoms with Crippen LogP contribution in [0.15, 0.2) is 35.7 Å². The average Bonchev–Trinajstić information content (AvgIpc) is 3.19. The highest BCUT2D eigenvalue weighted by Gasteiger charge is 2.38. The molecule has 1 aromatic rings. The van der Waals surface area contributed by atoms with Gasteiger partial charge in [0.15, 0.2) is 0 Å². The van der Waals surface area contributed by atoms with Crippen LogP contribution in [0.2, 0.25) is 5.02 Å². The molecule has 1 aromatic carbocycles. The Hall–Kier alpha value is -1.37. The molecule has 0 aliphatic heterocycles. The Labute approximate surface area is 122 Å². The summed E-state index contributed by atoms with van der Waals surface area (Å²) in [5.41, 5.74) is -0.109. The summed E-state index contributed by atoms with van der Waals surface area (Å²) >= 11 is 5.93. The largest absolute Gasteiger partial charge is 0.478 e. The first-order valence-corrected chi connectivity index (χ1v) is 7.85. The smallest absolute Gasteiger partial charge is 0.335 e. The van der Waals surface area contributed by atoms with Crippen LogP contribution in [0, 0.1) is 0 Å². The molecule has 108 valence electrons. The van der Waals surface area contributed by atoms with Gasteiger partial charge in [-0.05, 0) is 31.0 Å². The number of carbonyl (C=O) groups is 1. The Morgan fingerprint density at radius 3 is 2.65 bits per heavy atom. The minimum Gasteiger partial charge on any atom is -0.478 e. The normalized spacial score (nSPS) is 15.3. The number of rotatable bonds is 6. The van der Waals surface area contributed by atoms with Crippen molar-refractivity contribution in [2.24, 2.45) is 0 Å². The summed E-state index contributed by atoms with van der Waals surface area (Å²) in [5.74, 6) is -1.19. The van der Waals surface area contributed by atoms with E-state index in [1.807, 2.05) is 0 Å². The standard InChI is InChI=1S/C13H14ClNO4S/c1-2-7-15(10-4-5-10)20(18,19)12-8-9(13(16)17)3-6-11(12)14/h2-3,6,8,10H,1,4-5,7H2,(H,16,17). The van der Waals surface area contributed by atoms with Crippen molar-refractivity contribution in [3.05, 3.63) is 41.4 Å². The fourth-order valence-electron chi connectivity index (χ4n) is 1.89. The molecule has 0 radical (unpaired) electrons. The lowest BCUT2D eigenvalue weighted by Crippen LogP contribution is -2.33. The van der Waals surface area contributed by atoms with Crippen molar-refractivity contribution in [1.29, 1.82) is 0 Å². The lowest BCUT2D eigenvalue weighted by molar-refractivity contribution is 0.0696. The minimum absolute atomic E-state index is 0.0183. The molecule has 0 bridgehead atoms. The molecule has 0 amide bonds. The van der Waals surface area contributed by atoms with Gasteiger partial charge >= 0.3 is 5.97 Å². The van der Waals surface area contributed by atoms with Gasteiger partial charge in [-0.25, -0.2) is 13.2 Å². The topological polar surface area (TPSA) is 74.7 Å². The zero-order valence-electron chi connectivity index (χ0n) is 10.6. The molecule has 7 heteroatoms. The lowest BCUT2D eigenvalue weighted by atomic mass is 10.2. The third-order valence-electron chi connectivity index (χ3n) is 3.03. The number of carboxylic acid groups (broad SMARTS) is 1. The third kappa shape index (κ3) is 2.87. The predicted molar refractivity (Wildman–Crippen MR) is 75.5 cm³/mol. The van der Waals surface area contributed by atoms with Crippen molar-refractivity contribution in [3.8, 4) is 0 Å². The van der Waals surface area contributed by atoms with Crippen molar-refractivity contribution >= 4 is 27.6 Å². The summed E-state index contributed by atoms with van der Waals surface area (Å²) in [6.07, 6.45) is 3.09. The zero-order chi connectivity index (χ0) is 14.9. The van der Waals surface area contributed by atoms with Gasteiger partial charge in [0.25, 0.3) is 0 Å². The van der Waals surface area contributed by atoms with Gasteiger partial charge in [0.1, 0.15) is 4.90 Å². The van der Waals surface area contributed by atoms with Crippen LogP contribution < -0.4 is 0 Å². The van der Waals surface area contributed by atoms with Gasteiger partial charge in [0.05, 0.1) is 10.6 Å². The maximum Gasteiger partial charge on any atom is 0.335 e. The van der Waals surface area contributed by atoms with E-state index in [0.717, 1.165) is 18.9 Å². The minimum atomic E-state index is -3.82. The van der Waals surface area contributed by atoms with Crippen LogP contribution in [-0.2, 0) is 10.0 Å². The molecule has 0 unspecified atom stereocenters. The summed E-state index contributed by atoms with van der Waals surface area (Å²) in [7, 11) is -3.82. The first-order chi connectivity index (χ1) is 9.37. The van der Waals surface area contributed by atoms with E-state index >= 15 is 0 Å². The molecule has 0 heterocycles. The number of halogens is 1. The fraction of sp³-hybridized carbons (Fsp3) is 0.308. The number of nitrogens with zero attached hydrogens (tertiary/aromatic N) is 1. The number of hydrogen-bond donors (Lipinski definition) is 1. The molecule has 0 atom stereocenters. The van der Waals surface area contributed by atoms with Crippen molar-refractivity contribution in [3.63, 3.8) is 0 Å². The van der Waals surface area contributed by atoms with Crippen LogP contribution in [0.4, 0.5) is 0 Å². The Bertz CT molecular complexity index is 652. The Morgan fingerprint density at radius 1 is 1.50 bits per heavy atom. The van der Waals surface area contributed by atoms with Gasteiger partial charge in [-0.1, -0.05) is 17.7 Å². The van der Waals surface area contributed by atoms with E-state index in [2.05, 4.69) is 6.58 Å². The Morgan fingerprint density at radius 2 is 2.15 bits per heavy atom. The molecular formula is C13H14ClNO4S. The highest BCUT2D eigenvalue weighted by molar-refractivity contribution is 7.89. The van der Waals surface area contributed by atoms with Crippen molar-refractivity contribution < 1.29 is 18.3 Å². The molecule has 20 heavy (non-hydrogen) atoms. The fourth-order valence-corrected chi connectivity index (χ4v) is 4.05. The van der Waals surface area contributed by atoms with Crippen molar-refractivity contribution in [2.45, 2.75) is 23.8 Å². The van der Waals surface area contributed by atoms with Gasteiger partial charge in [-0.15, -0.1) is 6.58 Å². The predicted octanol–water partition coefficient (Wildman–Crippen LogP) is 2.38. The number of carboxylic acids is 1. The monoisotopic (exact) mass is 315 g/mol. The number of benzene rings is 1. The molecule has 0 aromatic heterocycles. The number of hydrogen-bond acceptors (Lipinski definition) is 3. The molecule has 1 aliphatic rings. The van der Waals surface area contributed by atoms with Gasteiger partial charge in [0.2, 0.25) is 10.0 Å². The van der Waals surface area contributed by atoms with Gasteiger partial charge in [0, 0.05) is 12.6 Å². The van der Waals surface area contributed by atoms with Crippen molar-refractivity contribution in [2.75, 3.05) is 6.54 Å². The van der Waals surface area contributed by atoms with Crippen LogP contribution in [0.5, 0.6) is 0 Å². The van der Waals surface area contributed by atoms with Crippen LogP contribution in [-0.4, -0.2) is 36.4 Å². The van der Waals surface area contributed by atoms with E-state index in [9.17, 15) is 13.2 Å². The lowest BCUT2D eigenvalue weighted by Gasteiger charge is -2.21. The van der Waals surface area contributed by atoms with Gasteiger partial charge < -0.3 is 5.11 Å². The summed E-state index contributed by atoms with van der Waals surface area (Å²) in [6.45, 7) is 3.73. The quantitative estimate of drug-likeness (QED) is 0.818. The maximum atomic E-state index is 12.6. The summed E-state index contributed by atoms with van der Waals surface area (Å²) in [6, 6.07) is 3.61. The van der Waals surface area contributed by atoms with E-state index in [-0.39, 0.29) is 28.1 Å².